The summed E-state index contributed by atoms with van der Waals surface area (Å²) in [6, 6.07) is 10.8. The molecule has 130 valence electrons. The summed E-state index contributed by atoms with van der Waals surface area (Å²) in [6.07, 6.45) is 3.29. The molecule has 0 spiro atoms. The predicted octanol–water partition coefficient (Wildman–Crippen LogP) is 4.28. The van der Waals surface area contributed by atoms with Gasteiger partial charge in [-0.2, -0.15) is 0 Å². The summed E-state index contributed by atoms with van der Waals surface area (Å²) >= 11 is 0. The summed E-state index contributed by atoms with van der Waals surface area (Å²) < 4.78 is 42.7. The molecule has 1 saturated carbocycles. The van der Waals surface area contributed by atoms with Crippen LogP contribution in [0.4, 0.5) is 13.2 Å². The van der Waals surface area contributed by atoms with Crippen molar-refractivity contribution < 1.29 is 13.2 Å². The minimum Gasteiger partial charge on any atom is -0.284 e. The molecule has 26 heavy (non-hydrogen) atoms. The van der Waals surface area contributed by atoms with Crippen LogP contribution in [0.15, 0.2) is 48.8 Å². The number of hydrogen-bond donors (Lipinski definition) is 0. The Kier molecular flexibility index (Phi) is 3.10. The third kappa shape index (κ3) is 2.34. The van der Waals surface area contributed by atoms with Gasteiger partial charge in [0.25, 0.3) is 5.92 Å². The lowest BCUT2D eigenvalue weighted by molar-refractivity contribution is 0.0984. The molecule has 1 aliphatic carbocycles. The van der Waals surface area contributed by atoms with Gasteiger partial charge in [-0.05, 0) is 29.8 Å². The van der Waals surface area contributed by atoms with Gasteiger partial charge < -0.3 is 0 Å². The zero-order valence-electron chi connectivity index (χ0n) is 13.5. The quantitative estimate of drug-likeness (QED) is 0.551. The number of aromatic nitrogens is 4. The molecule has 0 unspecified atom stereocenters. The fraction of sp³-hybridized carbons (Fsp3) is 0.211. The van der Waals surface area contributed by atoms with E-state index in [0.717, 1.165) is 10.9 Å². The summed E-state index contributed by atoms with van der Waals surface area (Å²) in [5.74, 6) is -3.53. The topological polar surface area (TPSA) is 43.1 Å². The molecule has 1 aliphatic rings. The highest BCUT2D eigenvalue weighted by molar-refractivity contribution is 5.84. The molecule has 0 saturated heterocycles. The van der Waals surface area contributed by atoms with Crippen LogP contribution >= 0.6 is 0 Å². The van der Waals surface area contributed by atoms with Crippen molar-refractivity contribution in [3.8, 4) is 11.1 Å². The fourth-order valence-corrected chi connectivity index (χ4v) is 3.29. The van der Waals surface area contributed by atoms with Crippen LogP contribution in [0.1, 0.15) is 12.2 Å². The van der Waals surface area contributed by atoms with Crippen LogP contribution in [0.3, 0.4) is 0 Å². The molecule has 3 aromatic heterocycles. The van der Waals surface area contributed by atoms with Crippen molar-refractivity contribution >= 4 is 16.6 Å². The first kappa shape index (κ1) is 15.3. The van der Waals surface area contributed by atoms with Crippen molar-refractivity contribution in [3.05, 3.63) is 60.4 Å². The molecule has 5 rings (SSSR count). The number of benzene rings is 1. The molecule has 0 radical (unpaired) electrons. The van der Waals surface area contributed by atoms with Crippen molar-refractivity contribution in [3.63, 3.8) is 0 Å². The number of halogens is 3. The molecule has 1 atom stereocenters. The summed E-state index contributed by atoms with van der Waals surface area (Å²) in [4.78, 5) is 4.26. The Morgan fingerprint density at radius 1 is 1.15 bits per heavy atom. The maximum Gasteiger partial charge on any atom is 0.252 e. The number of nitrogens with zero attached hydrogens (tertiary/aromatic N) is 4. The SMILES string of the molecule is Fc1c(-c2ccc3ncccc3c2)ccn2c(C[C@@H]3CC3(F)F)nnc12. The van der Waals surface area contributed by atoms with E-state index in [1.54, 1.807) is 24.5 Å². The highest BCUT2D eigenvalue weighted by Crippen LogP contribution is 2.50. The van der Waals surface area contributed by atoms with Gasteiger partial charge in [0.2, 0.25) is 0 Å². The first-order valence-corrected chi connectivity index (χ1v) is 8.28. The first-order chi connectivity index (χ1) is 12.5. The Bertz CT molecular complexity index is 1150. The van der Waals surface area contributed by atoms with Gasteiger partial charge in [-0.15, -0.1) is 10.2 Å². The maximum absolute atomic E-state index is 15.0. The zero-order chi connectivity index (χ0) is 17.9. The zero-order valence-corrected chi connectivity index (χ0v) is 13.5. The van der Waals surface area contributed by atoms with Crippen LogP contribution in [0.5, 0.6) is 0 Å². The Morgan fingerprint density at radius 2 is 2.00 bits per heavy atom. The smallest absolute Gasteiger partial charge is 0.252 e. The van der Waals surface area contributed by atoms with E-state index in [2.05, 4.69) is 15.2 Å². The van der Waals surface area contributed by atoms with Crippen LogP contribution in [-0.2, 0) is 6.42 Å². The van der Waals surface area contributed by atoms with Crippen molar-refractivity contribution in [2.45, 2.75) is 18.8 Å². The van der Waals surface area contributed by atoms with Gasteiger partial charge in [0, 0.05) is 42.1 Å². The average Bonchev–Trinajstić information content (AvgIpc) is 3.04. The molecule has 7 heteroatoms. The van der Waals surface area contributed by atoms with E-state index in [4.69, 9.17) is 0 Å². The summed E-state index contributed by atoms with van der Waals surface area (Å²) in [5.41, 5.74) is 1.96. The second-order valence-electron chi connectivity index (χ2n) is 6.63. The standard InChI is InChI=1S/C19H13F3N4/c20-17-14(11-3-4-15-12(8-11)2-1-6-23-15)5-7-26-16(24-25-18(17)26)9-13-10-19(13,21)22/h1-8,13H,9-10H2/t13-/m1/s1. The molecule has 0 aliphatic heterocycles. The molecular formula is C19H13F3N4. The minimum atomic E-state index is -2.64. The molecule has 0 bridgehead atoms. The van der Waals surface area contributed by atoms with Crippen LogP contribution in [0.2, 0.25) is 0 Å². The molecular weight excluding hydrogens is 341 g/mol. The van der Waals surface area contributed by atoms with Gasteiger partial charge in [0.1, 0.15) is 5.82 Å². The normalized spacial score (nSPS) is 18.5. The monoisotopic (exact) mass is 354 g/mol. The van der Waals surface area contributed by atoms with Gasteiger partial charge >= 0.3 is 0 Å². The fourth-order valence-electron chi connectivity index (χ4n) is 3.29. The molecule has 0 amide bonds. The van der Waals surface area contributed by atoms with E-state index in [1.807, 2.05) is 24.3 Å². The number of fused-ring (bicyclic) bond motifs is 2. The summed E-state index contributed by atoms with van der Waals surface area (Å²) in [5, 5.41) is 8.70. The third-order valence-electron chi connectivity index (χ3n) is 4.89. The molecule has 1 fully saturated rings. The van der Waals surface area contributed by atoms with Crippen molar-refractivity contribution in [1.29, 1.82) is 0 Å². The lowest BCUT2D eigenvalue weighted by atomic mass is 10.0. The van der Waals surface area contributed by atoms with Gasteiger partial charge in [0.15, 0.2) is 11.5 Å². The number of alkyl halides is 2. The van der Waals surface area contributed by atoms with Gasteiger partial charge in [-0.1, -0.05) is 12.1 Å². The number of hydrogen-bond acceptors (Lipinski definition) is 3. The van der Waals surface area contributed by atoms with E-state index in [1.165, 1.54) is 4.40 Å². The number of pyridine rings is 2. The van der Waals surface area contributed by atoms with E-state index in [-0.39, 0.29) is 18.5 Å². The average molecular weight is 354 g/mol. The van der Waals surface area contributed by atoms with Gasteiger partial charge in [-0.3, -0.25) is 9.38 Å². The number of rotatable bonds is 3. The van der Waals surface area contributed by atoms with Crippen LogP contribution in [0, 0.1) is 11.7 Å². The van der Waals surface area contributed by atoms with Crippen LogP contribution in [0.25, 0.3) is 27.7 Å². The predicted molar refractivity (Wildman–Crippen MR) is 90.4 cm³/mol. The maximum atomic E-state index is 15.0. The van der Waals surface area contributed by atoms with E-state index in [9.17, 15) is 13.2 Å². The van der Waals surface area contributed by atoms with E-state index in [0.29, 0.717) is 17.0 Å². The Morgan fingerprint density at radius 3 is 2.81 bits per heavy atom. The largest absolute Gasteiger partial charge is 0.284 e. The lowest BCUT2D eigenvalue weighted by Gasteiger charge is -2.07. The third-order valence-corrected chi connectivity index (χ3v) is 4.89. The summed E-state index contributed by atoms with van der Waals surface area (Å²) in [7, 11) is 0. The van der Waals surface area contributed by atoms with Gasteiger partial charge in [0.05, 0.1) is 5.52 Å². The second-order valence-corrected chi connectivity index (χ2v) is 6.63. The minimum absolute atomic E-state index is 0.0488. The molecule has 0 N–H and O–H groups in total. The Labute approximate surface area is 146 Å². The molecule has 4 aromatic rings. The lowest BCUT2D eigenvalue weighted by Crippen LogP contribution is -2.02. The highest BCUT2D eigenvalue weighted by Gasteiger charge is 2.56. The Balaban J connectivity index is 1.57. The molecule has 1 aromatic carbocycles. The molecule has 4 nitrogen and oxygen atoms in total. The van der Waals surface area contributed by atoms with Gasteiger partial charge in [-0.25, -0.2) is 13.2 Å². The van der Waals surface area contributed by atoms with E-state index < -0.39 is 17.7 Å². The van der Waals surface area contributed by atoms with Crippen LogP contribution < -0.4 is 0 Å². The second kappa shape index (κ2) is 5.27. The Hall–Kier alpha value is -2.96. The van der Waals surface area contributed by atoms with E-state index >= 15 is 0 Å². The van der Waals surface area contributed by atoms with Crippen molar-refractivity contribution in [1.82, 2.24) is 19.6 Å². The van der Waals surface area contributed by atoms with Crippen molar-refractivity contribution in [2.75, 3.05) is 0 Å². The van der Waals surface area contributed by atoms with Crippen molar-refractivity contribution in [2.24, 2.45) is 5.92 Å². The summed E-state index contributed by atoms with van der Waals surface area (Å²) in [6.45, 7) is 0. The highest BCUT2D eigenvalue weighted by atomic mass is 19.3. The van der Waals surface area contributed by atoms with Crippen LogP contribution in [-0.4, -0.2) is 25.5 Å². The first-order valence-electron chi connectivity index (χ1n) is 8.28. The molecule has 3 heterocycles.